The van der Waals surface area contributed by atoms with Gasteiger partial charge in [0.25, 0.3) is 0 Å². The smallest absolute Gasteiger partial charge is 0.258 e. The molecule has 1 aromatic heterocycles. The Kier molecular flexibility index (Phi) is 3.54. The van der Waals surface area contributed by atoms with Crippen molar-refractivity contribution in [2.24, 2.45) is 0 Å². The van der Waals surface area contributed by atoms with Crippen molar-refractivity contribution in [2.75, 3.05) is 0 Å². The minimum Gasteiger partial charge on any atom is -0.258 e. The molecule has 5 nitrogen and oxygen atoms in total. The molecule has 7 heteroatoms. The van der Waals surface area contributed by atoms with Crippen molar-refractivity contribution in [3.05, 3.63) is 55.8 Å². The van der Waals surface area contributed by atoms with E-state index in [0.717, 1.165) is 5.56 Å². The zero-order chi connectivity index (χ0) is 13.3. The van der Waals surface area contributed by atoms with Gasteiger partial charge in [0.1, 0.15) is 5.69 Å². The molecule has 0 fully saturated rings. The van der Waals surface area contributed by atoms with Crippen molar-refractivity contribution in [1.82, 2.24) is 9.78 Å². The van der Waals surface area contributed by atoms with Gasteiger partial charge in [0.05, 0.1) is 11.5 Å². The topological polar surface area (TPSA) is 61.0 Å². The predicted molar refractivity (Wildman–Crippen MR) is 69.2 cm³/mol. The van der Waals surface area contributed by atoms with Crippen molar-refractivity contribution in [2.45, 2.75) is 13.5 Å². The van der Waals surface area contributed by atoms with Gasteiger partial charge < -0.3 is 0 Å². The zero-order valence-corrected chi connectivity index (χ0v) is 10.9. The quantitative estimate of drug-likeness (QED) is 0.641. The summed E-state index contributed by atoms with van der Waals surface area (Å²) in [7, 11) is 0. The maximum absolute atomic E-state index is 10.8. The number of nitrogens with zero attached hydrogens (tertiary/aromatic N) is 3. The van der Waals surface area contributed by atoms with Crippen LogP contribution in [0.25, 0.3) is 0 Å². The van der Waals surface area contributed by atoms with Gasteiger partial charge in [-0.3, -0.25) is 10.1 Å². The minimum atomic E-state index is -0.525. The van der Waals surface area contributed by atoms with Crippen molar-refractivity contribution < 1.29 is 4.92 Å². The highest BCUT2D eigenvalue weighted by molar-refractivity contribution is 6.31. The van der Waals surface area contributed by atoms with E-state index in [2.05, 4.69) is 5.10 Å². The summed E-state index contributed by atoms with van der Waals surface area (Å²) in [5.74, 6) is 0. The van der Waals surface area contributed by atoms with Crippen LogP contribution >= 0.6 is 23.2 Å². The Labute approximate surface area is 113 Å². The van der Waals surface area contributed by atoms with Gasteiger partial charge in [0, 0.05) is 5.02 Å². The molecule has 0 N–H and O–H groups in total. The third-order valence-electron chi connectivity index (χ3n) is 2.46. The molecule has 0 unspecified atom stereocenters. The minimum absolute atomic E-state index is 0.0347. The average Bonchev–Trinajstić information content (AvgIpc) is 2.57. The van der Waals surface area contributed by atoms with E-state index in [-0.39, 0.29) is 10.8 Å². The van der Waals surface area contributed by atoms with Crippen LogP contribution in [0, 0.1) is 17.0 Å². The van der Waals surface area contributed by atoms with Crippen LogP contribution in [-0.4, -0.2) is 14.7 Å². The van der Waals surface area contributed by atoms with Gasteiger partial charge in [-0.15, -0.1) is 0 Å². The average molecular weight is 286 g/mol. The van der Waals surface area contributed by atoms with E-state index in [9.17, 15) is 10.1 Å². The molecule has 94 valence electrons. The van der Waals surface area contributed by atoms with Crippen molar-refractivity contribution in [3.8, 4) is 0 Å². The van der Waals surface area contributed by atoms with E-state index in [4.69, 9.17) is 23.2 Å². The fourth-order valence-electron chi connectivity index (χ4n) is 1.62. The van der Waals surface area contributed by atoms with Crippen LogP contribution in [-0.2, 0) is 6.54 Å². The monoisotopic (exact) mass is 285 g/mol. The molecule has 0 saturated carbocycles. The summed E-state index contributed by atoms with van der Waals surface area (Å²) < 4.78 is 1.40. The fraction of sp³-hybridized carbons (Fsp3) is 0.182. The van der Waals surface area contributed by atoms with Gasteiger partial charge in [-0.05, 0) is 24.6 Å². The molecule has 0 bridgehead atoms. The van der Waals surface area contributed by atoms with Crippen LogP contribution in [0.4, 0.5) is 5.69 Å². The fourth-order valence-corrected chi connectivity index (χ4v) is 2.05. The van der Waals surface area contributed by atoms with Crippen LogP contribution in [0.2, 0.25) is 10.2 Å². The van der Waals surface area contributed by atoms with Gasteiger partial charge in [-0.1, -0.05) is 35.3 Å². The van der Waals surface area contributed by atoms with E-state index >= 15 is 0 Å². The lowest BCUT2D eigenvalue weighted by molar-refractivity contribution is -0.385. The zero-order valence-electron chi connectivity index (χ0n) is 9.43. The molecule has 2 rings (SSSR count). The predicted octanol–water partition coefficient (Wildman–Crippen LogP) is 3.45. The largest absolute Gasteiger partial charge is 0.328 e. The Morgan fingerprint density at radius 1 is 1.33 bits per heavy atom. The van der Waals surface area contributed by atoms with Gasteiger partial charge in [-0.2, -0.15) is 5.10 Å². The molecular formula is C11H9Cl2N3O2. The molecule has 0 aliphatic heterocycles. The Bertz CT molecular complexity index is 593. The lowest BCUT2D eigenvalue weighted by Gasteiger charge is -2.02. The second-order valence-electron chi connectivity index (χ2n) is 3.77. The van der Waals surface area contributed by atoms with Crippen molar-refractivity contribution in [1.29, 1.82) is 0 Å². The van der Waals surface area contributed by atoms with Crippen LogP contribution in [0.15, 0.2) is 24.3 Å². The molecule has 0 aliphatic rings. The van der Waals surface area contributed by atoms with Gasteiger partial charge in [-0.25, -0.2) is 4.68 Å². The summed E-state index contributed by atoms with van der Waals surface area (Å²) in [6.45, 7) is 1.92. The lowest BCUT2D eigenvalue weighted by Crippen LogP contribution is -2.02. The molecule has 1 aromatic carbocycles. The number of aryl methyl sites for hydroxylation is 1. The van der Waals surface area contributed by atoms with Crippen molar-refractivity contribution >= 4 is 28.9 Å². The van der Waals surface area contributed by atoms with Crippen LogP contribution < -0.4 is 0 Å². The van der Waals surface area contributed by atoms with E-state index in [1.165, 1.54) is 4.68 Å². The number of hydrogen-bond acceptors (Lipinski definition) is 3. The summed E-state index contributed by atoms with van der Waals surface area (Å²) in [5.41, 5.74) is 1.07. The molecule has 0 aliphatic carbocycles. The molecule has 0 atom stereocenters. The number of nitro groups is 1. The van der Waals surface area contributed by atoms with E-state index < -0.39 is 4.92 Å². The second kappa shape index (κ2) is 4.96. The summed E-state index contributed by atoms with van der Waals surface area (Å²) in [5, 5.41) is 15.5. The van der Waals surface area contributed by atoms with E-state index in [1.807, 2.05) is 12.1 Å². The molecule has 0 spiro atoms. The Balaban J connectivity index is 2.33. The van der Waals surface area contributed by atoms with Gasteiger partial charge >= 0.3 is 5.69 Å². The molecule has 2 aromatic rings. The Hall–Kier alpha value is -1.59. The normalized spacial score (nSPS) is 10.6. The van der Waals surface area contributed by atoms with Crippen LogP contribution in [0.1, 0.15) is 11.3 Å². The number of benzene rings is 1. The standard InChI is InChI=1S/C11H9Cl2N3O2/c1-7-10(16(17)18)11(13)15(14-7)6-8-2-4-9(12)5-3-8/h2-5H,6H2,1H3. The van der Waals surface area contributed by atoms with Gasteiger partial charge in [0.2, 0.25) is 5.15 Å². The summed E-state index contributed by atoms with van der Waals surface area (Å²) >= 11 is 11.7. The number of hydrogen-bond donors (Lipinski definition) is 0. The SMILES string of the molecule is Cc1nn(Cc2ccc(Cl)cc2)c(Cl)c1[N+](=O)[O-]. The highest BCUT2D eigenvalue weighted by Gasteiger charge is 2.23. The van der Waals surface area contributed by atoms with E-state index in [1.54, 1.807) is 19.1 Å². The molecule has 0 radical (unpaired) electrons. The molecular weight excluding hydrogens is 277 g/mol. The molecule has 1 heterocycles. The highest BCUT2D eigenvalue weighted by atomic mass is 35.5. The Morgan fingerprint density at radius 3 is 2.44 bits per heavy atom. The summed E-state index contributed by atoms with van der Waals surface area (Å²) in [6.07, 6.45) is 0. The first kappa shape index (κ1) is 12.9. The molecule has 0 amide bonds. The number of aromatic nitrogens is 2. The van der Waals surface area contributed by atoms with Gasteiger partial charge in [0.15, 0.2) is 0 Å². The Morgan fingerprint density at radius 2 is 1.94 bits per heavy atom. The second-order valence-corrected chi connectivity index (χ2v) is 4.56. The number of halogens is 2. The summed E-state index contributed by atoms with van der Waals surface area (Å²) in [4.78, 5) is 10.3. The van der Waals surface area contributed by atoms with Crippen LogP contribution in [0.5, 0.6) is 0 Å². The number of rotatable bonds is 3. The first-order chi connectivity index (χ1) is 8.49. The molecule has 0 saturated heterocycles. The third-order valence-corrected chi connectivity index (χ3v) is 3.09. The maximum atomic E-state index is 10.8. The third kappa shape index (κ3) is 2.47. The van der Waals surface area contributed by atoms with Crippen LogP contribution in [0.3, 0.4) is 0 Å². The molecule has 18 heavy (non-hydrogen) atoms. The van der Waals surface area contributed by atoms with Crippen molar-refractivity contribution in [3.63, 3.8) is 0 Å². The first-order valence-electron chi connectivity index (χ1n) is 5.11. The first-order valence-corrected chi connectivity index (χ1v) is 5.86. The maximum Gasteiger partial charge on any atom is 0.328 e. The summed E-state index contributed by atoms with van der Waals surface area (Å²) in [6, 6.07) is 7.13. The highest BCUT2D eigenvalue weighted by Crippen LogP contribution is 2.28. The van der Waals surface area contributed by atoms with E-state index in [0.29, 0.717) is 17.3 Å². The lowest BCUT2D eigenvalue weighted by atomic mass is 10.2.